The Labute approximate surface area is 116 Å². The maximum atomic E-state index is 12.2. The zero-order valence-electron chi connectivity index (χ0n) is 12.2. The van der Waals surface area contributed by atoms with Crippen LogP contribution in [0.1, 0.15) is 26.7 Å². The molecular formula is C14H27N3O2. The van der Waals surface area contributed by atoms with Crippen LogP contribution < -0.4 is 5.73 Å². The Balaban J connectivity index is 1.80. The van der Waals surface area contributed by atoms with E-state index in [0.717, 1.165) is 52.2 Å². The summed E-state index contributed by atoms with van der Waals surface area (Å²) in [6, 6.07) is 0.581. The van der Waals surface area contributed by atoms with Crippen molar-refractivity contribution in [2.24, 2.45) is 11.7 Å². The molecule has 2 unspecified atom stereocenters. The van der Waals surface area contributed by atoms with Gasteiger partial charge in [0, 0.05) is 51.5 Å². The smallest absolute Gasteiger partial charge is 0.227 e. The predicted octanol–water partition coefficient (Wildman–Crippen LogP) is 0.293. The fourth-order valence-corrected chi connectivity index (χ4v) is 2.87. The molecule has 1 amide bonds. The van der Waals surface area contributed by atoms with Crippen molar-refractivity contribution in [2.75, 3.05) is 39.4 Å². The van der Waals surface area contributed by atoms with Gasteiger partial charge in [-0.1, -0.05) is 6.92 Å². The molecule has 2 rings (SSSR count). The van der Waals surface area contributed by atoms with Crippen molar-refractivity contribution in [3.63, 3.8) is 0 Å². The quantitative estimate of drug-likeness (QED) is 0.800. The van der Waals surface area contributed by atoms with Crippen molar-refractivity contribution in [3.8, 4) is 0 Å². The zero-order chi connectivity index (χ0) is 13.8. The molecule has 2 N–H and O–H groups in total. The van der Waals surface area contributed by atoms with Crippen molar-refractivity contribution in [2.45, 2.75) is 38.8 Å². The molecule has 0 spiro atoms. The van der Waals surface area contributed by atoms with E-state index in [9.17, 15) is 4.79 Å². The summed E-state index contributed by atoms with van der Waals surface area (Å²) in [6.45, 7) is 9.25. The van der Waals surface area contributed by atoms with E-state index in [0.29, 0.717) is 6.04 Å². The summed E-state index contributed by atoms with van der Waals surface area (Å²) >= 11 is 0. The topological polar surface area (TPSA) is 58.8 Å². The highest BCUT2D eigenvalue weighted by molar-refractivity contribution is 5.79. The number of rotatable bonds is 3. The highest BCUT2D eigenvalue weighted by atomic mass is 16.5. The van der Waals surface area contributed by atoms with Gasteiger partial charge in [-0.15, -0.1) is 0 Å². The summed E-state index contributed by atoms with van der Waals surface area (Å²) in [6.07, 6.45) is 2.26. The molecule has 2 aliphatic rings. The minimum absolute atomic E-state index is 0.0685. The molecule has 110 valence electrons. The van der Waals surface area contributed by atoms with E-state index < -0.39 is 0 Å². The number of nitrogens with zero attached hydrogens (tertiary/aromatic N) is 2. The van der Waals surface area contributed by atoms with Crippen molar-refractivity contribution >= 4 is 5.91 Å². The number of piperazine rings is 1. The first-order chi connectivity index (χ1) is 9.09. The van der Waals surface area contributed by atoms with Crippen LogP contribution in [-0.2, 0) is 9.53 Å². The molecule has 2 saturated heterocycles. The summed E-state index contributed by atoms with van der Waals surface area (Å²) < 4.78 is 5.40. The van der Waals surface area contributed by atoms with E-state index in [1.165, 1.54) is 0 Å². The van der Waals surface area contributed by atoms with Crippen LogP contribution in [0.3, 0.4) is 0 Å². The molecule has 19 heavy (non-hydrogen) atoms. The molecule has 2 fully saturated rings. The highest BCUT2D eigenvalue weighted by Gasteiger charge is 2.29. The number of amides is 1. The standard InChI is InChI=1S/C14H27N3O2/c1-11(12(2)15)14(18)17-7-5-16(6-8-17)13-3-9-19-10-4-13/h11-13H,3-10,15H2,1-2H3. The van der Waals surface area contributed by atoms with Crippen LogP contribution in [-0.4, -0.2) is 67.2 Å². The molecule has 0 aromatic rings. The lowest BCUT2D eigenvalue weighted by Crippen LogP contribution is -2.54. The number of carbonyl (C=O) groups is 1. The van der Waals surface area contributed by atoms with E-state index in [4.69, 9.17) is 10.5 Å². The fourth-order valence-electron chi connectivity index (χ4n) is 2.87. The van der Waals surface area contributed by atoms with Crippen molar-refractivity contribution in [1.82, 2.24) is 9.80 Å². The Bertz CT molecular complexity index is 295. The summed E-state index contributed by atoms with van der Waals surface area (Å²) in [5.41, 5.74) is 5.82. The van der Waals surface area contributed by atoms with Gasteiger partial charge in [0.25, 0.3) is 0 Å². The third-order valence-electron chi connectivity index (χ3n) is 4.51. The van der Waals surface area contributed by atoms with Gasteiger partial charge >= 0.3 is 0 Å². The van der Waals surface area contributed by atoms with Crippen LogP contribution >= 0.6 is 0 Å². The summed E-state index contributed by atoms with van der Waals surface area (Å²) in [5, 5.41) is 0. The lowest BCUT2D eigenvalue weighted by atomic mass is 10.0. The maximum absolute atomic E-state index is 12.2. The lowest BCUT2D eigenvalue weighted by Gasteiger charge is -2.41. The highest BCUT2D eigenvalue weighted by Crippen LogP contribution is 2.17. The zero-order valence-corrected chi connectivity index (χ0v) is 12.2. The van der Waals surface area contributed by atoms with Crippen molar-refractivity contribution in [3.05, 3.63) is 0 Å². The average molecular weight is 269 g/mol. The van der Waals surface area contributed by atoms with E-state index in [1.807, 2.05) is 18.7 Å². The van der Waals surface area contributed by atoms with Gasteiger partial charge < -0.3 is 15.4 Å². The first kappa shape index (κ1) is 14.8. The minimum atomic E-state index is -0.0744. The van der Waals surface area contributed by atoms with Crippen LogP contribution in [0.15, 0.2) is 0 Å². The molecule has 0 bridgehead atoms. The van der Waals surface area contributed by atoms with Gasteiger partial charge in [0.1, 0.15) is 0 Å². The van der Waals surface area contributed by atoms with E-state index >= 15 is 0 Å². The van der Waals surface area contributed by atoms with Gasteiger partial charge in [0.2, 0.25) is 5.91 Å². The summed E-state index contributed by atoms with van der Waals surface area (Å²) in [4.78, 5) is 16.7. The second kappa shape index (κ2) is 6.68. The summed E-state index contributed by atoms with van der Waals surface area (Å²) in [7, 11) is 0. The molecule has 0 aromatic heterocycles. The Morgan fingerprint density at radius 1 is 1.16 bits per heavy atom. The van der Waals surface area contributed by atoms with Gasteiger partial charge in [-0.2, -0.15) is 0 Å². The van der Waals surface area contributed by atoms with E-state index in [2.05, 4.69) is 4.90 Å². The minimum Gasteiger partial charge on any atom is -0.381 e. The lowest BCUT2D eigenvalue weighted by molar-refractivity contribution is -0.137. The van der Waals surface area contributed by atoms with Gasteiger partial charge in [0.05, 0.1) is 5.92 Å². The van der Waals surface area contributed by atoms with Gasteiger partial charge in [0.15, 0.2) is 0 Å². The van der Waals surface area contributed by atoms with Gasteiger partial charge in [-0.3, -0.25) is 9.69 Å². The van der Waals surface area contributed by atoms with Crippen LogP contribution in [0.5, 0.6) is 0 Å². The molecule has 5 heteroatoms. The molecular weight excluding hydrogens is 242 g/mol. The van der Waals surface area contributed by atoms with E-state index in [1.54, 1.807) is 0 Å². The molecule has 2 atom stereocenters. The third-order valence-corrected chi connectivity index (χ3v) is 4.51. The average Bonchev–Trinajstić information content (AvgIpc) is 2.46. The van der Waals surface area contributed by atoms with Crippen LogP contribution in [0.25, 0.3) is 0 Å². The normalized spacial score (nSPS) is 26.2. The van der Waals surface area contributed by atoms with Gasteiger partial charge in [-0.25, -0.2) is 0 Å². The van der Waals surface area contributed by atoms with Crippen LogP contribution in [0.2, 0.25) is 0 Å². The largest absolute Gasteiger partial charge is 0.381 e. The van der Waals surface area contributed by atoms with Crippen LogP contribution in [0, 0.1) is 5.92 Å². The monoisotopic (exact) mass is 269 g/mol. The molecule has 0 aliphatic carbocycles. The Morgan fingerprint density at radius 3 is 2.26 bits per heavy atom. The van der Waals surface area contributed by atoms with Crippen molar-refractivity contribution in [1.29, 1.82) is 0 Å². The molecule has 0 aromatic carbocycles. The number of hydrogen-bond acceptors (Lipinski definition) is 4. The molecule has 2 aliphatic heterocycles. The second-order valence-electron chi connectivity index (χ2n) is 5.85. The number of carbonyl (C=O) groups excluding carboxylic acids is 1. The number of nitrogens with two attached hydrogens (primary N) is 1. The summed E-state index contributed by atoms with van der Waals surface area (Å²) in [5.74, 6) is 0.135. The molecule has 2 heterocycles. The maximum Gasteiger partial charge on any atom is 0.227 e. The molecule has 5 nitrogen and oxygen atoms in total. The van der Waals surface area contributed by atoms with Crippen LogP contribution in [0.4, 0.5) is 0 Å². The Morgan fingerprint density at radius 2 is 1.74 bits per heavy atom. The predicted molar refractivity (Wildman–Crippen MR) is 74.8 cm³/mol. The van der Waals surface area contributed by atoms with Crippen molar-refractivity contribution < 1.29 is 9.53 Å². The van der Waals surface area contributed by atoms with E-state index in [-0.39, 0.29) is 17.9 Å². The Kier molecular flexibility index (Phi) is 5.19. The SMILES string of the molecule is CC(N)C(C)C(=O)N1CCN(C2CCOCC2)CC1. The fraction of sp³-hybridized carbons (Fsp3) is 0.929. The first-order valence-corrected chi connectivity index (χ1v) is 7.45. The third kappa shape index (κ3) is 3.68. The molecule has 0 saturated carbocycles. The Hall–Kier alpha value is -0.650. The molecule has 0 radical (unpaired) electrons. The second-order valence-corrected chi connectivity index (χ2v) is 5.85. The first-order valence-electron chi connectivity index (χ1n) is 7.45. The number of hydrogen-bond donors (Lipinski definition) is 1. The van der Waals surface area contributed by atoms with Gasteiger partial charge in [-0.05, 0) is 19.8 Å². The number of ether oxygens (including phenoxy) is 1.